The molecule has 0 spiro atoms. The largest absolute Gasteiger partial charge is 0.348 e. The molecule has 1 aromatic heterocycles. The quantitative estimate of drug-likeness (QED) is 0.537. The van der Waals surface area contributed by atoms with Crippen molar-refractivity contribution in [3.8, 4) is 0 Å². The smallest absolute Gasteiger partial charge is 0.0921 e. The molecule has 0 radical (unpaired) electrons. The molecule has 42 valence electrons. The summed E-state index contributed by atoms with van der Waals surface area (Å²) in [6.45, 7) is 0. The van der Waals surface area contributed by atoms with Gasteiger partial charge in [0, 0.05) is 24.5 Å². The number of nitrogens with one attached hydrogen (secondary N) is 2. The van der Waals surface area contributed by atoms with Gasteiger partial charge in [-0.15, -0.1) is 0 Å². The highest BCUT2D eigenvalue weighted by atomic mass is 14.9. The lowest BCUT2D eigenvalue weighted by molar-refractivity contribution is 1.19. The van der Waals surface area contributed by atoms with Gasteiger partial charge in [0.1, 0.15) is 0 Å². The van der Waals surface area contributed by atoms with Gasteiger partial charge in [-0.2, -0.15) is 0 Å². The molecule has 1 rings (SSSR count). The summed E-state index contributed by atoms with van der Waals surface area (Å²) in [4.78, 5) is 6.66. The van der Waals surface area contributed by atoms with Crippen LogP contribution in [0.2, 0.25) is 0 Å². The Morgan fingerprint density at radius 1 is 1.88 bits per heavy atom. The van der Waals surface area contributed by atoms with E-state index >= 15 is 0 Å². The van der Waals surface area contributed by atoms with Crippen molar-refractivity contribution in [3.05, 3.63) is 18.2 Å². The van der Waals surface area contributed by atoms with Crippen LogP contribution in [-0.2, 0) is 6.42 Å². The fraction of sp³-hybridized carbons (Fsp3) is 0.200. The molecule has 1 heterocycles. The monoisotopic (exact) mass is 109 g/mol. The van der Waals surface area contributed by atoms with Crippen molar-refractivity contribution in [1.29, 1.82) is 5.41 Å². The molecular weight excluding hydrogens is 102 g/mol. The van der Waals surface area contributed by atoms with Gasteiger partial charge in [-0.1, -0.05) is 0 Å². The molecular formula is C5H7N3. The molecule has 0 aliphatic heterocycles. The van der Waals surface area contributed by atoms with E-state index in [2.05, 4.69) is 9.97 Å². The van der Waals surface area contributed by atoms with Crippen LogP contribution in [0.25, 0.3) is 0 Å². The molecule has 0 amide bonds. The summed E-state index contributed by atoms with van der Waals surface area (Å²) in [6.07, 6.45) is 5.32. The molecule has 2 N–H and O–H groups in total. The molecule has 0 aliphatic carbocycles. The second-order valence-electron chi connectivity index (χ2n) is 1.49. The van der Waals surface area contributed by atoms with Crippen molar-refractivity contribution < 1.29 is 0 Å². The van der Waals surface area contributed by atoms with Gasteiger partial charge in [-0.25, -0.2) is 4.98 Å². The number of aromatic nitrogens is 2. The molecule has 0 unspecified atom stereocenters. The zero-order chi connectivity index (χ0) is 5.82. The van der Waals surface area contributed by atoms with Crippen LogP contribution >= 0.6 is 0 Å². The van der Waals surface area contributed by atoms with Gasteiger partial charge in [0.15, 0.2) is 0 Å². The van der Waals surface area contributed by atoms with Crippen LogP contribution < -0.4 is 0 Å². The predicted molar refractivity (Wildman–Crippen MR) is 31.1 cm³/mol. The van der Waals surface area contributed by atoms with Gasteiger partial charge in [-0.3, -0.25) is 0 Å². The van der Waals surface area contributed by atoms with Crippen molar-refractivity contribution in [2.45, 2.75) is 6.42 Å². The van der Waals surface area contributed by atoms with Crippen molar-refractivity contribution in [3.63, 3.8) is 0 Å². The average Bonchev–Trinajstić information content (AvgIpc) is 2.19. The van der Waals surface area contributed by atoms with E-state index in [9.17, 15) is 0 Å². The minimum Gasteiger partial charge on any atom is -0.348 e. The molecule has 0 saturated heterocycles. The van der Waals surface area contributed by atoms with Crippen molar-refractivity contribution in [1.82, 2.24) is 9.97 Å². The third-order valence-corrected chi connectivity index (χ3v) is 0.877. The number of imidazole rings is 1. The van der Waals surface area contributed by atoms with Crippen LogP contribution in [0.3, 0.4) is 0 Å². The van der Waals surface area contributed by atoms with Gasteiger partial charge in [0.25, 0.3) is 0 Å². The van der Waals surface area contributed by atoms with Gasteiger partial charge in [0.05, 0.1) is 6.33 Å². The molecule has 0 atom stereocenters. The predicted octanol–water partition coefficient (Wildman–Crippen LogP) is 0.602. The van der Waals surface area contributed by atoms with Gasteiger partial charge >= 0.3 is 0 Å². The Morgan fingerprint density at radius 2 is 2.75 bits per heavy atom. The molecule has 3 heteroatoms. The summed E-state index contributed by atoms with van der Waals surface area (Å²) in [5.74, 6) is 0. The van der Waals surface area contributed by atoms with E-state index in [0.717, 1.165) is 5.69 Å². The van der Waals surface area contributed by atoms with E-state index in [1.807, 2.05) is 0 Å². The third kappa shape index (κ3) is 0.932. The molecule has 0 bridgehead atoms. The molecule has 3 nitrogen and oxygen atoms in total. The van der Waals surface area contributed by atoms with Crippen molar-refractivity contribution in [2.24, 2.45) is 0 Å². The fourth-order valence-corrected chi connectivity index (χ4v) is 0.506. The summed E-state index contributed by atoms with van der Waals surface area (Å²) in [7, 11) is 0. The van der Waals surface area contributed by atoms with Crippen LogP contribution in [0.15, 0.2) is 12.5 Å². The Labute approximate surface area is 47.3 Å². The molecule has 0 fully saturated rings. The Kier molecular flexibility index (Phi) is 1.42. The summed E-state index contributed by atoms with van der Waals surface area (Å²) in [6, 6.07) is 0. The van der Waals surface area contributed by atoms with Crippen LogP contribution in [-0.4, -0.2) is 16.2 Å². The first-order valence-corrected chi connectivity index (χ1v) is 2.39. The number of H-pyrrole nitrogens is 1. The maximum Gasteiger partial charge on any atom is 0.0921 e. The first-order chi connectivity index (χ1) is 3.93. The van der Waals surface area contributed by atoms with Gasteiger partial charge < -0.3 is 10.4 Å². The highest BCUT2D eigenvalue weighted by Gasteiger charge is 1.85. The molecule has 8 heavy (non-hydrogen) atoms. The maximum atomic E-state index is 6.71. The van der Waals surface area contributed by atoms with Crippen LogP contribution in [0.4, 0.5) is 0 Å². The number of nitrogens with zero attached hydrogens (tertiary/aromatic N) is 1. The molecule has 0 aromatic carbocycles. The summed E-state index contributed by atoms with van der Waals surface area (Å²) in [5, 5.41) is 6.71. The topological polar surface area (TPSA) is 52.5 Å². The Hall–Kier alpha value is -1.12. The van der Waals surface area contributed by atoms with E-state index in [-0.39, 0.29) is 0 Å². The van der Waals surface area contributed by atoms with Crippen molar-refractivity contribution in [2.75, 3.05) is 0 Å². The van der Waals surface area contributed by atoms with Crippen molar-refractivity contribution >= 4 is 6.21 Å². The Bertz CT molecular complexity index is 154. The maximum absolute atomic E-state index is 6.71. The lowest BCUT2D eigenvalue weighted by Crippen LogP contribution is -1.81. The van der Waals surface area contributed by atoms with Gasteiger partial charge in [0.2, 0.25) is 0 Å². The Balaban J connectivity index is 2.62. The van der Waals surface area contributed by atoms with Crippen LogP contribution in [0.1, 0.15) is 5.69 Å². The van der Waals surface area contributed by atoms with E-state index in [4.69, 9.17) is 5.41 Å². The minimum atomic E-state index is 0.653. The van der Waals surface area contributed by atoms with E-state index in [1.54, 1.807) is 12.5 Å². The van der Waals surface area contributed by atoms with E-state index in [1.165, 1.54) is 6.21 Å². The number of hydrogen-bond donors (Lipinski definition) is 2. The van der Waals surface area contributed by atoms with Crippen LogP contribution in [0.5, 0.6) is 0 Å². The molecule has 0 aliphatic rings. The molecule has 0 saturated carbocycles. The highest BCUT2D eigenvalue weighted by Crippen LogP contribution is 1.87. The summed E-state index contributed by atoms with van der Waals surface area (Å²) < 4.78 is 0. The zero-order valence-corrected chi connectivity index (χ0v) is 4.39. The lowest BCUT2D eigenvalue weighted by Gasteiger charge is -1.80. The Morgan fingerprint density at radius 3 is 3.25 bits per heavy atom. The normalized spacial score (nSPS) is 9.00. The average molecular weight is 109 g/mol. The number of aromatic amines is 1. The molecule has 1 aromatic rings. The van der Waals surface area contributed by atoms with Crippen LogP contribution in [0, 0.1) is 5.41 Å². The van der Waals surface area contributed by atoms with E-state index in [0.29, 0.717) is 6.42 Å². The minimum absolute atomic E-state index is 0.653. The number of hydrogen-bond acceptors (Lipinski definition) is 2. The summed E-state index contributed by atoms with van der Waals surface area (Å²) >= 11 is 0. The van der Waals surface area contributed by atoms with E-state index < -0.39 is 0 Å². The SMILES string of the molecule is N=CCc1cnc[nH]1. The first kappa shape index (κ1) is 5.03. The fourth-order valence-electron chi connectivity index (χ4n) is 0.506. The first-order valence-electron chi connectivity index (χ1n) is 2.39. The zero-order valence-electron chi connectivity index (χ0n) is 4.39. The lowest BCUT2D eigenvalue weighted by atomic mass is 10.4. The second kappa shape index (κ2) is 2.26. The number of rotatable bonds is 2. The highest BCUT2D eigenvalue weighted by molar-refractivity contribution is 5.56. The standard InChI is InChI=1S/C5H7N3/c6-2-1-5-3-7-4-8-5/h2-4,6H,1H2,(H,7,8). The third-order valence-electron chi connectivity index (χ3n) is 0.877. The van der Waals surface area contributed by atoms with Gasteiger partial charge in [-0.05, 0) is 0 Å². The summed E-state index contributed by atoms with van der Waals surface area (Å²) in [5.41, 5.74) is 0.986. The second-order valence-corrected chi connectivity index (χ2v) is 1.49.